The van der Waals surface area contributed by atoms with Crippen LogP contribution < -0.4 is 11.1 Å². The normalized spacial score (nSPS) is 12.9. The predicted molar refractivity (Wildman–Crippen MR) is 90.8 cm³/mol. The van der Waals surface area contributed by atoms with Crippen LogP contribution in [0.15, 0.2) is 48.5 Å². The van der Waals surface area contributed by atoms with Gasteiger partial charge >= 0.3 is 5.97 Å². The molecule has 25 heavy (non-hydrogen) atoms. The van der Waals surface area contributed by atoms with Gasteiger partial charge in [-0.2, -0.15) is 0 Å². The van der Waals surface area contributed by atoms with Crippen LogP contribution in [0.3, 0.4) is 0 Å². The molecular formula is C18H20N2O5. The smallest absolute Gasteiger partial charge is 0.333 e. The zero-order valence-corrected chi connectivity index (χ0v) is 13.7. The fourth-order valence-corrected chi connectivity index (χ4v) is 2.34. The van der Waals surface area contributed by atoms with Gasteiger partial charge in [-0.05, 0) is 30.2 Å². The highest BCUT2D eigenvalue weighted by Gasteiger charge is 2.28. The number of amides is 1. The molecule has 0 radical (unpaired) electrons. The number of methoxy groups -OCH3 is 1. The number of nitrogens with two attached hydrogens (primary N) is 1. The first-order chi connectivity index (χ1) is 11.9. The Hall–Kier alpha value is -3.06. The summed E-state index contributed by atoms with van der Waals surface area (Å²) in [6.07, 6.45) is 0.223. The third kappa shape index (κ3) is 4.71. The Bertz CT molecular complexity index is 745. The number of para-hydroxylation sites is 1. The molecule has 1 amide bonds. The maximum Gasteiger partial charge on any atom is 0.333 e. The Morgan fingerprint density at radius 3 is 2.36 bits per heavy atom. The molecule has 0 aromatic heterocycles. The fourth-order valence-electron chi connectivity index (χ4n) is 2.34. The van der Waals surface area contributed by atoms with E-state index in [2.05, 4.69) is 5.32 Å². The van der Waals surface area contributed by atoms with E-state index in [1.807, 2.05) is 0 Å². The Kier molecular flexibility index (Phi) is 5.97. The zero-order valence-electron chi connectivity index (χ0n) is 13.7. The van der Waals surface area contributed by atoms with Crippen molar-refractivity contribution in [3.8, 4) is 11.5 Å². The van der Waals surface area contributed by atoms with Crippen LogP contribution in [0.1, 0.15) is 17.2 Å². The molecule has 0 aliphatic carbocycles. The summed E-state index contributed by atoms with van der Waals surface area (Å²) in [5.74, 6) is -1.30. The number of hydrogen-bond acceptors (Lipinski definition) is 6. The van der Waals surface area contributed by atoms with Gasteiger partial charge in [-0.15, -0.1) is 0 Å². The number of esters is 1. The van der Waals surface area contributed by atoms with Crippen molar-refractivity contribution in [2.45, 2.75) is 18.5 Å². The highest BCUT2D eigenvalue weighted by Crippen LogP contribution is 2.24. The topological polar surface area (TPSA) is 122 Å². The molecule has 2 aromatic rings. The zero-order chi connectivity index (χ0) is 18.4. The van der Waals surface area contributed by atoms with E-state index in [1.54, 1.807) is 24.3 Å². The van der Waals surface area contributed by atoms with Crippen LogP contribution in [-0.2, 0) is 20.7 Å². The lowest BCUT2D eigenvalue weighted by molar-refractivity contribution is -0.145. The number of benzene rings is 2. The summed E-state index contributed by atoms with van der Waals surface area (Å²) in [5, 5.41) is 21.7. The van der Waals surface area contributed by atoms with Crippen LogP contribution in [0, 0.1) is 0 Å². The van der Waals surface area contributed by atoms with Gasteiger partial charge < -0.3 is 26.0 Å². The maximum atomic E-state index is 12.4. The van der Waals surface area contributed by atoms with Crippen LogP contribution in [0.25, 0.3) is 0 Å². The molecule has 2 rings (SSSR count). The largest absolute Gasteiger partial charge is 0.508 e. The van der Waals surface area contributed by atoms with E-state index >= 15 is 0 Å². The summed E-state index contributed by atoms with van der Waals surface area (Å²) in [7, 11) is 1.19. The van der Waals surface area contributed by atoms with Crippen molar-refractivity contribution in [3.63, 3.8) is 0 Å². The molecule has 0 heterocycles. The standard InChI is InChI=1S/C18H20N2O5/c1-25-18(24)16(13-4-2-3-5-15(13)22)20-17(23)14(19)10-11-6-8-12(21)9-7-11/h2-9,14,16,21-22H,10,19H2,1H3,(H,20,23)/t14-,16?/m0/s1. The summed E-state index contributed by atoms with van der Waals surface area (Å²) in [4.78, 5) is 24.4. The molecule has 5 N–H and O–H groups in total. The lowest BCUT2D eigenvalue weighted by atomic mass is 10.0. The molecule has 0 fully saturated rings. The van der Waals surface area contributed by atoms with Gasteiger partial charge in [-0.1, -0.05) is 30.3 Å². The number of hydrogen-bond donors (Lipinski definition) is 4. The highest BCUT2D eigenvalue weighted by atomic mass is 16.5. The molecule has 0 bridgehead atoms. The molecule has 0 aliphatic heterocycles. The van der Waals surface area contributed by atoms with Gasteiger partial charge in [0.1, 0.15) is 11.5 Å². The van der Waals surface area contributed by atoms with Gasteiger partial charge in [0.25, 0.3) is 0 Å². The van der Waals surface area contributed by atoms with E-state index in [4.69, 9.17) is 10.5 Å². The number of ether oxygens (including phenoxy) is 1. The quantitative estimate of drug-likeness (QED) is 0.580. The number of aromatic hydroxyl groups is 2. The minimum absolute atomic E-state index is 0.118. The first-order valence-electron chi connectivity index (χ1n) is 7.62. The van der Waals surface area contributed by atoms with Crippen molar-refractivity contribution in [2.75, 3.05) is 7.11 Å². The third-order valence-corrected chi connectivity index (χ3v) is 3.70. The average molecular weight is 344 g/mol. The number of nitrogens with one attached hydrogen (secondary N) is 1. The molecule has 0 saturated heterocycles. The monoisotopic (exact) mass is 344 g/mol. The fraction of sp³-hybridized carbons (Fsp3) is 0.222. The second-order valence-corrected chi connectivity index (χ2v) is 5.50. The van der Waals surface area contributed by atoms with Gasteiger partial charge in [0.15, 0.2) is 6.04 Å². The molecule has 7 nitrogen and oxygen atoms in total. The molecular weight excluding hydrogens is 324 g/mol. The van der Waals surface area contributed by atoms with Crippen molar-refractivity contribution in [1.29, 1.82) is 0 Å². The summed E-state index contributed by atoms with van der Waals surface area (Å²) in [6.45, 7) is 0. The number of rotatable bonds is 6. The van der Waals surface area contributed by atoms with Gasteiger partial charge in [-0.25, -0.2) is 4.79 Å². The number of carbonyl (C=O) groups is 2. The summed E-state index contributed by atoms with van der Waals surface area (Å²) in [6, 6.07) is 10.4. The summed E-state index contributed by atoms with van der Waals surface area (Å²) in [5.41, 5.74) is 6.89. The second-order valence-electron chi connectivity index (χ2n) is 5.50. The van der Waals surface area contributed by atoms with E-state index < -0.39 is 24.0 Å². The molecule has 0 aliphatic rings. The third-order valence-electron chi connectivity index (χ3n) is 3.70. The molecule has 2 aromatic carbocycles. The average Bonchev–Trinajstić information content (AvgIpc) is 2.61. The summed E-state index contributed by atoms with van der Waals surface area (Å²) >= 11 is 0. The number of phenolic OH excluding ortho intramolecular Hbond substituents is 2. The van der Waals surface area contributed by atoms with Gasteiger partial charge in [-0.3, -0.25) is 4.79 Å². The number of phenols is 2. The minimum atomic E-state index is -1.16. The molecule has 1 unspecified atom stereocenters. The van der Waals surface area contributed by atoms with E-state index in [9.17, 15) is 19.8 Å². The van der Waals surface area contributed by atoms with Crippen molar-refractivity contribution < 1.29 is 24.5 Å². The van der Waals surface area contributed by atoms with E-state index in [0.29, 0.717) is 0 Å². The lowest BCUT2D eigenvalue weighted by Crippen LogP contribution is -2.45. The molecule has 0 spiro atoms. The van der Waals surface area contributed by atoms with Crippen molar-refractivity contribution in [2.24, 2.45) is 5.73 Å². The highest BCUT2D eigenvalue weighted by molar-refractivity contribution is 5.88. The van der Waals surface area contributed by atoms with E-state index in [1.165, 1.54) is 31.4 Å². The minimum Gasteiger partial charge on any atom is -0.508 e. The van der Waals surface area contributed by atoms with Crippen LogP contribution in [0.2, 0.25) is 0 Å². The molecule has 132 valence electrons. The van der Waals surface area contributed by atoms with Gasteiger partial charge in [0, 0.05) is 5.56 Å². The van der Waals surface area contributed by atoms with E-state index in [-0.39, 0.29) is 23.5 Å². The van der Waals surface area contributed by atoms with Crippen molar-refractivity contribution >= 4 is 11.9 Å². The van der Waals surface area contributed by atoms with Crippen LogP contribution >= 0.6 is 0 Å². The van der Waals surface area contributed by atoms with Crippen molar-refractivity contribution in [3.05, 3.63) is 59.7 Å². The Balaban J connectivity index is 2.12. The Morgan fingerprint density at radius 2 is 1.76 bits per heavy atom. The molecule has 2 atom stereocenters. The van der Waals surface area contributed by atoms with E-state index in [0.717, 1.165) is 5.56 Å². The Labute approximate surface area is 145 Å². The predicted octanol–water partition coefficient (Wildman–Crippen LogP) is 0.998. The second kappa shape index (κ2) is 8.16. The number of carbonyl (C=O) groups excluding carboxylic acids is 2. The van der Waals surface area contributed by atoms with Gasteiger partial charge in [0.2, 0.25) is 5.91 Å². The molecule has 0 saturated carbocycles. The first kappa shape index (κ1) is 18.3. The van der Waals surface area contributed by atoms with Crippen molar-refractivity contribution in [1.82, 2.24) is 5.32 Å². The SMILES string of the molecule is COC(=O)C(NC(=O)[C@@H](N)Cc1ccc(O)cc1)c1ccccc1O. The van der Waals surface area contributed by atoms with Crippen LogP contribution in [-0.4, -0.2) is 35.2 Å². The summed E-state index contributed by atoms with van der Waals surface area (Å²) < 4.78 is 4.70. The Morgan fingerprint density at radius 1 is 1.12 bits per heavy atom. The maximum absolute atomic E-state index is 12.4. The van der Waals surface area contributed by atoms with Crippen LogP contribution in [0.4, 0.5) is 0 Å². The first-order valence-corrected chi connectivity index (χ1v) is 7.62. The van der Waals surface area contributed by atoms with Crippen LogP contribution in [0.5, 0.6) is 11.5 Å². The van der Waals surface area contributed by atoms with Gasteiger partial charge in [0.05, 0.1) is 13.2 Å². The lowest BCUT2D eigenvalue weighted by Gasteiger charge is -2.20. The molecule has 7 heteroatoms.